The van der Waals surface area contributed by atoms with Gasteiger partial charge in [0.05, 0.1) is 24.8 Å². The molecular formula is C37H42ClN3O6. The molecule has 0 unspecified atom stereocenters. The molecule has 2 bridgehead atoms. The van der Waals surface area contributed by atoms with Gasteiger partial charge in [0.15, 0.2) is 5.60 Å². The smallest absolute Gasteiger partial charge is 0.337 e. The number of carbonyl (C=O) groups is 3. The average molecular weight is 660 g/mol. The molecule has 2 amide bonds. The number of ether oxygens (including phenoxy) is 2. The highest BCUT2D eigenvalue weighted by molar-refractivity contribution is 6.30. The van der Waals surface area contributed by atoms with Crippen LogP contribution in [0.4, 0.5) is 11.4 Å². The van der Waals surface area contributed by atoms with Crippen molar-refractivity contribution in [2.45, 2.75) is 57.2 Å². The number of fused-ring (bicyclic) bond motifs is 2. The van der Waals surface area contributed by atoms with Gasteiger partial charge in [-0.15, -0.1) is 0 Å². The Morgan fingerprint density at radius 2 is 1.72 bits per heavy atom. The largest absolute Gasteiger partial charge is 0.487 e. The number of esters is 1. The Kier molecular flexibility index (Phi) is 11.2. The molecule has 5 rings (SSSR count). The van der Waals surface area contributed by atoms with Gasteiger partial charge in [-0.25, -0.2) is 4.79 Å². The lowest BCUT2D eigenvalue weighted by Gasteiger charge is -2.32. The van der Waals surface area contributed by atoms with Crippen molar-refractivity contribution >= 4 is 40.8 Å². The molecule has 3 aromatic rings. The molecule has 2 aliphatic rings. The van der Waals surface area contributed by atoms with Crippen LogP contribution >= 0.6 is 11.6 Å². The number of anilines is 2. The van der Waals surface area contributed by atoms with Gasteiger partial charge < -0.3 is 29.7 Å². The molecule has 0 aromatic heterocycles. The third-order valence-electron chi connectivity index (χ3n) is 8.82. The van der Waals surface area contributed by atoms with E-state index in [1.54, 1.807) is 37.4 Å². The molecule has 0 fully saturated rings. The van der Waals surface area contributed by atoms with Crippen molar-refractivity contribution in [3.05, 3.63) is 100 Å². The van der Waals surface area contributed by atoms with E-state index in [1.807, 2.05) is 24.3 Å². The number of likely N-dealkylation sites (N-methyl/N-ethyl adjacent to an activating group) is 1. The summed E-state index contributed by atoms with van der Waals surface area (Å²) in [5, 5.41) is 15.7. The number of hydrogen-bond acceptors (Lipinski definition) is 7. The van der Waals surface area contributed by atoms with Gasteiger partial charge in [0, 0.05) is 37.4 Å². The molecule has 2 N–H and O–H groups in total. The summed E-state index contributed by atoms with van der Waals surface area (Å²) in [7, 11) is 2.95. The fourth-order valence-corrected chi connectivity index (χ4v) is 6.16. The van der Waals surface area contributed by atoms with E-state index in [0.29, 0.717) is 35.2 Å². The summed E-state index contributed by atoms with van der Waals surface area (Å²) in [6, 6.07) is 17.3. The molecule has 2 heterocycles. The van der Waals surface area contributed by atoms with Crippen LogP contribution in [0.15, 0.2) is 72.8 Å². The van der Waals surface area contributed by atoms with E-state index in [-0.39, 0.29) is 11.5 Å². The van der Waals surface area contributed by atoms with Crippen molar-refractivity contribution < 1.29 is 29.0 Å². The van der Waals surface area contributed by atoms with E-state index in [9.17, 15) is 19.5 Å². The van der Waals surface area contributed by atoms with Crippen LogP contribution in [0.5, 0.6) is 5.75 Å². The number of nitrogens with one attached hydrogen (secondary N) is 1. The van der Waals surface area contributed by atoms with E-state index in [2.05, 4.69) is 16.3 Å². The number of amides is 2. The normalized spacial score (nSPS) is 20.0. The van der Waals surface area contributed by atoms with E-state index in [1.165, 1.54) is 29.7 Å². The van der Waals surface area contributed by atoms with Gasteiger partial charge in [-0.2, -0.15) is 0 Å². The lowest BCUT2D eigenvalue weighted by molar-refractivity contribution is -0.145. The van der Waals surface area contributed by atoms with Gasteiger partial charge >= 0.3 is 5.97 Å². The maximum atomic E-state index is 14.0. The first-order chi connectivity index (χ1) is 22.7. The van der Waals surface area contributed by atoms with E-state index in [0.717, 1.165) is 62.9 Å². The third kappa shape index (κ3) is 8.34. The molecule has 3 aromatic carbocycles. The number of nitrogens with zero attached hydrogens (tertiary/aromatic N) is 2. The molecule has 0 saturated heterocycles. The van der Waals surface area contributed by atoms with Crippen LogP contribution in [-0.4, -0.2) is 61.6 Å². The highest BCUT2D eigenvalue weighted by Gasteiger charge is 2.42. The minimum Gasteiger partial charge on any atom is -0.487 e. The monoisotopic (exact) mass is 659 g/mol. The molecule has 0 radical (unpaired) electrons. The molecule has 2 aliphatic heterocycles. The second kappa shape index (κ2) is 15.5. The van der Waals surface area contributed by atoms with Crippen molar-refractivity contribution in [1.82, 2.24) is 4.90 Å². The quantitative estimate of drug-likeness (QED) is 0.252. The molecule has 9 nitrogen and oxygen atoms in total. The van der Waals surface area contributed by atoms with Crippen LogP contribution in [0.3, 0.4) is 0 Å². The molecule has 0 spiro atoms. The van der Waals surface area contributed by atoms with Crippen LogP contribution in [0.25, 0.3) is 0 Å². The Hall–Kier alpha value is -4.34. The third-order valence-corrected chi connectivity index (χ3v) is 9.05. The average Bonchev–Trinajstić information content (AvgIpc) is 3.10. The van der Waals surface area contributed by atoms with Gasteiger partial charge in [0.25, 0.3) is 5.91 Å². The Morgan fingerprint density at radius 3 is 2.49 bits per heavy atom. The van der Waals surface area contributed by atoms with Crippen LogP contribution < -0.4 is 15.0 Å². The first-order valence-corrected chi connectivity index (χ1v) is 16.5. The van der Waals surface area contributed by atoms with Crippen LogP contribution in [0.1, 0.15) is 65.6 Å². The Balaban J connectivity index is 1.55. The lowest BCUT2D eigenvalue weighted by Crippen LogP contribution is -2.45. The zero-order valence-electron chi connectivity index (χ0n) is 27.0. The summed E-state index contributed by atoms with van der Waals surface area (Å²) in [6.07, 6.45) is 9.11. The standard InChI is InChI=1S/C37H42ClN3O6/c1-40-19-7-4-3-5-8-20-41-21-9-6-10-27-22-30(38)15-11-28(27)25-47-33-18-14-29(23-32(33)41)37(45,24-34(40)42)36(44)39-31-16-12-26(13-17-31)35(43)46-2/h4,7,11-18,22-23,45H,3,5-6,8-10,19-21,24-25H2,1-2H3,(H,39,44)/b7-4+/t37-/m1/s1. The maximum absolute atomic E-state index is 14.0. The number of halogens is 1. The summed E-state index contributed by atoms with van der Waals surface area (Å²) >= 11 is 6.33. The number of benzene rings is 3. The summed E-state index contributed by atoms with van der Waals surface area (Å²) in [5.74, 6) is -1.03. The first kappa shape index (κ1) is 34.0. The van der Waals surface area contributed by atoms with E-state index < -0.39 is 23.9 Å². The fourth-order valence-electron chi connectivity index (χ4n) is 5.96. The minimum atomic E-state index is -2.22. The zero-order valence-corrected chi connectivity index (χ0v) is 27.7. The second-order valence-electron chi connectivity index (χ2n) is 12.1. The molecule has 10 heteroatoms. The van der Waals surface area contributed by atoms with Crippen molar-refractivity contribution in [3.8, 4) is 5.75 Å². The van der Waals surface area contributed by atoms with Crippen molar-refractivity contribution in [2.24, 2.45) is 0 Å². The van der Waals surface area contributed by atoms with Crippen molar-refractivity contribution in [2.75, 3.05) is 44.0 Å². The highest BCUT2D eigenvalue weighted by atomic mass is 35.5. The summed E-state index contributed by atoms with van der Waals surface area (Å²) in [6.45, 7) is 2.22. The number of methoxy groups -OCH3 is 1. The summed E-state index contributed by atoms with van der Waals surface area (Å²) in [4.78, 5) is 43.2. The highest BCUT2D eigenvalue weighted by Crippen LogP contribution is 2.38. The Morgan fingerprint density at radius 1 is 0.957 bits per heavy atom. The summed E-state index contributed by atoms with van der Waals surface area (Å²) < 4.78 is 11.2. The second-order valence-corrected chi connectivity index (χ2v) is 12.6. The Bertz CT molecular complexity index is 1620. The van der Waals surface area contributed by atoms with Gasteiger partial charge in [-0.1, -0.05) is 35.9 Å². The van der Waals surface area contributed by atoms with E-state index >= 15 is 0 Å². The number of carbonyl (C=O) groups excluding carboxylic acids is 3. The molecule has 0 saturated carbocycles. The molecule has 0 aliphatic carbocycles. The number of aryl methyl sites for hydroxylation is 1. The van der Waals surface area contributed by atoms with Gasteiger partial charge in [-0.05, 0) is 104 Å². The minimum absolute atomic E-state index is 0.280. The number of allylic oxidation sites excluding steroid dienone is 1. The maximum Gasteiger partial charge on any atom is 0.337 e. The summed E-state index contributed by atoms with van der Waals surface area (Å²) in [5.41, 5.74) is 1.73. The molecule has 1 atom stereocenters. The SMILES string of the molecule is COC(=O)c1ccc(NC(=O)[C@@]2(O)CC(=O)N(C)C/C=C/CCCCN3CCCCc4cc(Cl)ccc4COc4ccc2cc43)cc1. The fraction of sp³-hybridized carbons (Fsp3) is 0.378. The van der Waals surface area contributed by atoms with Crippen LogP contribution in [0, 0.1) is 0 Å². The van der Waals surface area contributed by atoms with Gasteiger partial charge in [0.1, 0.15) is 12.4 Å². The lowest BCUT2D eigenvalue weighted by atomic mass is 9.87. The molecular weight excluding hydrogens is 618 g/mol. The predicted molar refractivity (Wildman–Crippen MR) is 183 cm³/mol. The van der Waals surface area contributed by atoms with Crippen LogP contribution in [0.2, 0.25) is 5.02 Å². The van der Waals surface area contributed by atoms with Gasteiger partial charge in [0.2, 0.25) is 5.91 Å². The number of aliphatic hydroxyl groups is 1. The molecule has 248 valence electrons. The number of hydrogen-bond donors (Lipinski definition) is 2. The van der Waals surface area contributed by atoms with Crippen molar-refractivity contribution in [1.29, 1.82) is 0 Å². The molecule has 47 heavy (non-hydrogen) atoms. The van der Waals surface area contributed by atoms with E-state index in [4.69, 9.17) is 21.1 Å². The van der Waals surface area contributed by atoms with Crippen molar-refractivity contribution in [3.63, 3.8) is 0 Å². The Labute approximate surface area is 281 Å². The first-order valence-electron chi connectivity index (χ1n) is 16.1. The van der Waals surface area contributed by atoms with Gasteiger partial charge in [-0.3, -0.25) is 9.59 Å². The zero-order chi connectivity index (χ0) is 33.4. The predicted octanol–water partition coefficient (Wildman–Crippen LogP) is 6.26. The number of rotatable bonds is 3. The van der Waals surface area contributed by atoms with Crippen LogP contribution in [-0.2, 0) is 33.0 Å². The topological polar surface area (TPSA) is 108 Å².